The van der Waals surface area contributed by atoms with Crippen LogP contribution in [0.3, 0.4) is 0 Å². The molecule has 1 fully saturated rings. The van der Waals surface area contributed by atoms with E-state index in [2.05, 4.69) is 61.4 Å². The minimum absolute atomic E-state index is 0.448. The van der Waals surface area contributed by atoms with Gasteiger partial charge >= 0.3 is 0 Å². The highest BCUT2D eigenvalue weighted by atomic mass is 15.4. The van der Waals surface area contributed by atoms with Gasteiger partial charge in [0.05, 0.1) is 11.6 Å². The summed E-state index contributed by atoms with van der Waals surface area (Å²) in [6.07, 6.45) is 3.51. The summed E-state index contributed by atoms with van der Waals surface area (Å²) < 4.78 is 1.71. The summed E-state index contributed by atoms with van der Waals surface area (Å²) >= 11 is 0. The third kappa shape index (κ3) is 2.27. The van der Waals surface area contributed by atoms with Gasteiger partial charge in [-0.25, -0.2) is 0 Å². The Bertz CT molecular complexity index is 1050. The Kier molecular flexibility index (Phi) is 3.06. The lowest BCUT2D eigenvalue weighted by molar-refractivity contribution is 0.490. The number of rotatable bonds is 3. The van der Waals surface area contributed by atoms with Crippen LogP contribution in [0, 0.1) is 0 Å². The van der Waals surface area contributed by atoms with Gasteiger partial charge in [0.15, 0.2) is 5.65 Å². The van der Waals surface area contributed by atoms with Gasteiger partial charge in [-0.1, -0.05) is 18.2 Å². The highest BCUT2D eigenvalue weighted by Gasteiger charge is 2.32. The number of para-hydroxylation sites is 1. The van der Waals surface area contributed by atoms with E-state index < -0.39 is 0 Å². The average molecular weight is 331 g/mol. The summed E-state index contributed by atoms with van der Waals surface area (Å²) in [5.74, 6) is 0.955. The van der Waals surface area contributed by atoms with Gasteiger partial charge in [-0.05, 0) is 24.3 Å². The van der Waals surface area contributed by atoms with Crippen LogP contribution in [-0.2, 0) is 0 Å². The number of nitrogens with zero attached hydrogens (tertiary/aromatic N) is 7. The fourth-order valence-electron chi connectivity index (χ4n) is 3.36. The maximum Gasteiger partial charge on any atom is 0.177 e. The smallest absolute Gasteiger partial charge is 0.177 e. The molecule has 0 saturated carbocycles. The van der Waals surface area contributed by atoms with Crippen LogP contribution in [0.1, 0.15) is 0 Å². The second kappa shape index (κ2) is 5.41. The summed E-state index contributed by atoms with van der Waals surface area (Å²) in [5.41, 5.74) is 3.02. The van der Waals surface area contributed by atoms with Crippen LogP contribution in [0.2, 0.25) is 0 Å². The van der Waals surface area contributed by atoms with Crippen LogP contribution in [0.5, 0.6) is 0 Å². The first-order valence-corrected chi connectivity index (χ1v) is 8.28. The van der Waals surface area contributed by atoms with Crippen LogP contribution < -0.4 is 9.80 Å². The molecule has 4 aromatic rings. The molecule has 25 heavy (non-hydrogen) atoms. The molecule has 0 aliphatic carbocycles. The average Bonchev–Trinajstić information content (AvgIpc) is 3.07. The van der Waals surface area contributed by atoms with E-state index in [1.165, 1.54) is 11.1 Å². The van der Waals surface area contributed by atoms with Crippen molar-refractivity contribution in [1.82, 2.24) is 24.8 Å². The maximum absolute atomic E-state index is 4.56. The molecule has 0 atom stereocenters. The molecule has 1 aliphatic heterocycles. The SMILES string of the molecule is CN(c1ccnc2ccccc12)C1CN(c2ccc3nncn3n2)C1. The van der Waals surface area contributed by atoms with Crippen LogP contribution in [0.25, 0.3) is 16.6 Å². The lowest BCUT2D eigenvalue weighted by atomic mass is 10.1. The van der Waals surface area contributed by atoms with E-state index in [1.807, 2.05) is 24.4 Å². The largest absolute Gasteiger partial charge is 0.367 e. The molecule has 0 spiro atoms. The summed E-state index contributed by atoms with van der Waals surface area (Å²) in [6.45, 7) is 1.88. The van der Waals surface area contributed by atoms with E-state index in [-0.39, 0.29) is 0 Å². The number of pyridine rings is 1. The Labute approximate surface area is 144 Å². The fourth-order valence-corrected chi connectivity index (χ4v) is 3.36. The van der Waals surface area contributed by atoms with Crippen molar-refractivity contribution in [2.75, 3.05) is 29.9 Å². The lowest BCUT2D eigenvalue weighted by Gasteiger charge is -2.45. The zero-order valence-corrected chi connectivity index (χ0v) is 13.8. The van der Waals surface area contributed by atoms with E-state index in [4.69, 9.17) is 0 Å². The second-order valence-electron chi connectivity index (χ2n) is 6.34. The molecule has 1 saturated heterocycles. The molecule has 1 aromatic carbocycles. The van der Waals surface area contributed by atoms with Crippen molar-refractivity contribution < 1.29 is 0 Å². The van der Waals surface area contributed by atoms with Crippen molar-refractivity contribution in [3.63, 3.8) is 0 Å². The first-order valence-electron chi connectivity index (χ1n) is 8.28. The van der Waals surface area contributed by atoms with E-state index in [9.17, 15) is 0 Å². The Morgan fingerprint density at radius 1 is 1.08 bits per heavy atom. The summed E-state index contributed by atoms with van der Waals surface area (Å²) in [7, 11) is 2.15. The number of hydrogen-bond donors (Lipinski definition) is 0. The van der Waals surface area contributed by atoms with E-state index in [0.717, 1.165) is 30.1 Å². The molecule has 0 bridgehead atoms. The number of fused-ring (bicyclic) bond motifs is 2. The lowest BCUT2D eigenvalue weighted by Crippen LogP contribution is -2.59. The molecule has 0 radical (unpaired) electrons. The number of aromatic nitrogens is 5. The van der Waals surface area contributed by atoms with E-state index in [0.29, 0.717) is 6.04 Å². The molecule has 4 heterocycles. The molecule has 5 rings (SSSR count). The van der Waals surface area contributed by atoms with Gasteiger partial charge in [0.2, 0.25) is 0 Å². The topological polar surface area (TPSA) is 62.5 Å². The highest BCUT2D eigenvalue weighted by molar-refractivity contribution is 5.91. The summed E-state index contributed by atoms with van der Waals surface area (Å²) in [5, 5.41) is 13.6. The Morgan fingerprint density at radius 3 is 2.88 bits per heavy atom. The van der Waals surface area contributed by atoms with Crippen LogP contribution in [-0.4, -0.2) is 51.0 Å². The zero-order chi connectivity index (χ0) is 16.8. The van der Waals surface area contributed by atoms with E-state index >= 15 is 0 Å². The second-order valence-corrected chi connectivity index (χ2v) is 6.34. The standard InChI is InChI=1S/C18H17N7/c1-23(16-8-9-19-15-5-3-2-4-14(15)16)13-10-24(11-13)18-7-6-17-21-20-12-25(17)22-18/h2-9,12-13H,10-11H2,1H3. The predicted molar refractivity (Wildman–Crippen MR) is 96.9 cm³/mol. The Balaban J connectivity index is 1.37. The normalized spacial score (nSPS) is 14.8. The van der Waals surface area contributed by atoms with Crippen LogP contribution >= 0.6 is 0 Å². The van der Waals surface area contributed by atoms with Crippen molar-refractivity contribution in [2.45, 2.75) is 6.04 Å². The third-order valence-electron chi connectivity index (χ3n) is 4.89. The van der Waals surface area contributed by atoms with Gasteiger partial charge in [0.1, 0.15) is 12.1 Å². The van der Waals surface area contributed by atoms with Crippen molar-refractivity contribution in [3.05, 3.63) is 55.0 Å². The van der Waals surface area contributed by atoms with Crippen LogP contribution in [0.15, 0.2) is 55.0 Å². The molecule has 124 valence electrons. The first-order chi connectivity index (χ1) is 12.3. The first kappa shape index (κ1) is 14.2. The molecule has 0 unspecified atom stereocenters. The van der Waals surface area contributed by atoms with Gasteiger partial charge < -0.3 is 9.80 Å². The number of likely N-dealkylation sites (N-methyl/N-ethyl adjacent to an activating group) is 1. The highest BCUT2D eigenvalue weighted by Crippen LogP contribution is 2.29. The monoisotopic (exact) mass is 331 g/mol. The molecular formula is C18H17N7. The quantitative estimate of drug-likeness (QED) is 0.572. The number of benzene rings is 1. The van der Waals surface area contributed by atoms with Crippen molar-refractivity contribution in [3.8, 4) is 0 Å². The molecule has 1 aliphatic rings. The Morgan fingerprint density at radius 2 is 1.96 bits per heavy atom. The molecule has 7 heteroatoms. The number of anilines is 2. The molecule has 7 nitrogen and oxygen atoms in total. The van der Waals surface area contributed by atoms with Gasteiger partial charge in [-0.2, -0.15) is 4.52 Å². The summed E-state index contributed by atoms with van der Waals surface area (Å²) in [6, 6.07) is 14.8. The molecule has 0 amide bonds. The maximum atomic E-state index is 4.56. The predicted octanol–water partition coefficient (Wildman–Crippen LogP) is 2.00. The van der Waals surface area contributed by atoms with Gasteiger partial charge in [-0.15, -0.1) is 15.3 Å². The van der Waals surface area contributed by atoms with Crippen molar-refractivity contribution in [2.24, 2.45) is 0 Å². The van der Waals surface area contributed by atoms with Crippen molar-refractivity contribution in [1.29, 1.82) is 0 Å². The van der Waals surface area contributed by atoms with Gasteiger partial charge in [-0.3, -0.25) is 4.98 Å². The summed E-state index contributed by atoms with van der Waals surface area (Å²) in [4.78, 5) is 9.07. The van der Waals surface area contributed by atoms with Gasteiger partial charge in [0, 0.05) is 37.4 Å². The number of hydrogen-bond acceptors (Lipinski definition) is 6. The molecule has 0 N–H and O–H groups in total. The molecular weight excluding hydrogens is 314 g/mol. The van der Waals surface area contributed by atoms with Crippen LogP contribution in [0.4, 0.5) is 11.5 Å². The van der Waals surface area contributed by atoms with E-state index in [1.54, 1.807) is 10.8 Å². The minimum Gasteiger partial charge on any atom is -0.367 e. The molecule has 3 aromatic heterocycles. The minimum atomic E-state index is 0.448. The third-order valence-corrected chi connectivity index (χ3v) is 4.89. The Hall–Kier alpha value is -3.22. The fraction of sp³-hybridized carbons (Fsp3) is 0.222. The van der Waals surface area contributed by atoms with Crippen molar-refractivity contribution >= 4 is 28.1 Å². The van der Waals surface area contributed by atoms with Gasteiger partial charge in [0.25, 0.3) is 0 Å². The zero-order valence-electron chi connectivity index (χ0n) is 13.8.